The topological polar surface area (TPSA) is 131 Å². The minimum atomic E-state index is -4.33. The lowest BCUT2D eigenvalue weighted by Crippen LogP contribution is -2.45. The minimum absolute atomic E-state index is 0.0771. The number of nitrogens with two attached hydrogens (primary N) is 1. The lowest BCUT2D eigenvalue weighted by molar-refractivity contribution is -0.123. The summed E-state index contributed by atoms with van der Waals surface area (Å²) >= 11 is 0. The number of carbonyl (C=O) groups excluding carboxylic acids is 1. The van der Waals surface area contributed by atoms with E-state index in [2.05, 4.69) is 43.5 Å². The number of allylic oxidation sites excluding steroid dienone is 5. The standard InChI is InChI=1S/C40H77N2O6P/c1-3-5-7-9-11-13-14-15-16-17-18-19-20-21-22-23-24-26-28-30-32-34-40(44)42-38(37-48-49(45,46)47-36-35-41)39(43)33-31-29-27-25-12-10-8-6-4-2/h14-15,17-18,31,33,38-39,43H,3-13,16,19-30,32,34-37,41H2,1-2H3,(H,42,44)(H,45,46)/b15-14-,18-17-,33-31+. The molecule has 5 N–H and O–H groups in total. The van der Waals surface area contributed by atoms with Gasteiger partial charge in [0.2, 0.25) is 5.91 Å². The van der Waals surface area contributed by atoms with Crippen LogP contribution in [0.2, 0.25) is 0 Å². The molecule has 9 heteroatoms. The molecule has 0 rings (SSSR count). The first kappa shape index (κ1) is 47.7. The molecule has 49 heavy (non-hydrogen) atoms. The molecule has 0 saturated heterocycles. The van der Waals surface area contributed by atoms with Gasteiger partial charge in [-0.25, -0.2) is 4.57 Å². The van der Waals surface area contributed by atoms with E-state index < -0.39 is 20.0 Å². The van der Waals surface area contributed by atoms with Crippen molar-refractivity contribution >= 4 is 13.7 Å². The van der Waals surface area contributed by atoms with E-state index in [1.807, 2.05) is 6.08 Å². The van der Waals surface area contributed by atoms with E-state index >= 15 is 0 Å². The van der Waals surface area contributed by atoms with Crippen molar-refractivity contribution in [1.82, 2.24) is 5.32 Å². The maximum atomic E-state index is 12.7. The average Bonchev–Trinajstić information content (AvgIpc) is 3.09. The number of hydrogen-bond acceptors (Lipinski definition) is 6. The van der Waals surface area contributed by atoms with Crippen LogP contribution in [0.5, 0.6) is 0 Å². The Labute approximate surface area is 301 Å². The number of phosphoric ester groups is 1. The Hall–Kier alpha value is -1.28. The number of carbonyl (C=O) groups is 1. The van der Waals surface area contributed by atoms with Crippen LogP contribution in [0.15, 0.2) is 36.5 Å². The average molecular weight is 713 g/mol. The summed E-state index contributed by atoms with van der Waals surface area (Å²) in [5.74, 6) is -0.202. The molecule has 0 spiro atoms. The van der Waals surface area contributed by atoms with Gasteiger partial charge in [0.05, 0.1) is 25.4 Å². The van der Waals surface area contributed by atoms with Crippen molar-refractivity contribution in [3.8, 4) is 0 Å². The minimum Gasteiger partial charge on any atom is -0.387 e. The SMILES string of the molecule is CCCCCCC/C=C\C/C=C\CCCCCCCCCCCC(=O)NC(COP(=O)(O)OCCN)C(O)/C=C/CCCCCCCCC. The molecule has 0 aromatic heterocycles. The molecule has 0 heterocycles. The number of unbranched alkanes of at least 4 members (excludes halogenated alkanes) is 21. The molecule has 0 aromatic carbocycles. The largest absolute Gasteiger partial charge is 0.472 e. The molecule has 288 valence electrons. The molecule has 0 radical (unpaired) electrons. The molecule has 0 aliphatic carbocycles. The molecule has 8 nitrogen and oxygen atoms in total. The highest BCUT2D eigenvalue weighted by atomic mass is 31.2. The smallest absolute Gasteiger partial charge is 0.387 e. The summed E-state index contributed by atoms with van der Waals surface area (Å²) in [4.78, 5) is 22.6. The third kappa shape index (κ3) is 34.9. The van der Waals surface area contributed by atoms with Gasteiger partial charge in [-0.15, -0.1) is 0 Å². The molecule has 0 aromatic rings. The van der Waals surface area contributed by atoms with Gasteiger partial charge in [0.1, 0.15) is 0 Å². The van der Waals surface area contributed by atoms with Gasteiger partial charge in [0, 0.05) is 13.0 Å². The van der Waals surface area contributed by atoms with Gasteiger partial charge in [0.25, 0.3) is 0 Å². The van der Waals surface area contributed by atoms with Gasteiger partial charge in [-0.3, -0.25) is 13.8 Å². The van der Waals surface area contributed by atoms with Crippen molar-refractivity contribution in [2.45, 2.75) is 193 Å². The second kappa shape index (κ2) is 36.5. The summed E-state index contributed by atoms with van der Waals surface area (Å²) in [5, 5.41) is 13.6. The van der Waals surface area contributed by atoms with Crippen LogP contribution in [0.1, 0.15) is 181 Å². The Morgan fingerprint density at radius 1 is 0.673 bits per heavy atom. The van der Waals surface area contributed by atoms with Gasteiger partial charge >= 0.3 is 7.82 Å². The first-order chi connectivity index (χ1) is 23.9. The van der Waals surface area contributed by atoms with Crippen LogP contribution in [0.4, 0.5) is 0 Å². The molecule has 0 bridgehead atoms. The Morgan fingerprint density at radius 2 is 1.12 bits per heavy atom. The molecule has 0 aliphatic rings. The number of rotatable bonds is 37. The third-order valence-corrected chi connectivity index (χ3v) is 9.69. The van der Waals surface area contributed by atoms with Crippen molar-refractivity contribution in [2.24, 2.45) is 5.73 Å². The molecule has 1 amide bonds. The highest BCUT2D eigenvalue weighted by Gasteiger charge is 2.26. The lowest BCUT2D eigenvalue weighted by Gasteiger charge is -2.23. The molecular weight excluding hydrogens is 635 g/mol. The van der Waals surface area contributed by atoms with E-state index in [-0.39, 0.29) is 25.7 Å². The maximum absolute atomic E-state index is 12.7. The van der Waals surface area contributed by atoms with Crippen LogP contribution in [-0.2, 0) is 18.4 Å². The first-order valence-corrected chi connectivity index (χ1v) is 21.6. The highest BCUT2D eigenvalue weighted by Crippen LogP contribution is 2.43. The van der Waals surface area contributed by atoms with Gasteiger partial charge in [0.15, 0.2) is 0 Å². The second-order valence-electron chi connectivity index (χ2n) is 13.5. The van der Waals surface area contributed by atoms with Gasteiger partial charge in [-0.05, 0) is 51.4 Å². The van der Waals surface area contributed by atoms with Crippen molar-refractivity contribution in [2.75, 3.05) is 19.8 Å². The predicted molar refractivity (Wildman–Crippen MR) is 208 cm³/mol. The molecule has 0 fully saturated rings. The Morgan fingerprint density at radius 3 is 1.61 bits per heavy atom. The summed E-state index contributed by atoms with van der Waals surface area (Å²) in [7, 11) is -4.33. The van der Waals surface area contributed by atoms with E-state index in [4.69, 9.17) is 14.8 Å². The number of amides is 1. The van der Waals surface area contributed by atoms with Gasteiger partial charge in [-0.1, -0.05) is 159 Å². The zero-order chi connectivity index (χ0) is 36.1. The molecule has 0 saturated carbocycles. The quantitative estimate of drug-likeness (QED) is 0.0286. The second-order valence-corrected chi connectivity index (χ2v) is 14.9. The van der Waals surface area contributed by atoms with Crippen molar-refractivity contribution in [1.29, 1.82) is 0 Å². The number of phosphoric acid groups is 1. The number of hydrogen-bond donors (Lipinski definition) is 4. The molecule has 0 aliphatic heterocycles. The van der Waals surface area contributed by atoms with Crippen LogP contribution in [0, 0.1) is 0 Å². The van der Waals surface area contributed by atoms with Crippen LogP contribution in [-0.4, -0.2) is 47.8 Å². The fourth-order valence-corrected chi connectivity index (χ4v) is 6.39. The van der Waals surface area contributed by atoms with Crippen LogP contribution >= 0.6 is 7.82 Å². The Bertz CT molecular complexity index is 866. The van der Waals surface area contributed by atoms with Crippen molar-refractivity contribution in [3.63, 3.8) is 0 Å². The van der Waals surface area contributed by atoms with Crippen LogP contribution < -0.4 is 11.1 Å². The van der Waals surface area contributed by atoms with E-state index in [1.54, 1.807) is 6.08 Å². The molecule has 3 atom stereocenters. The van der Waals surface area contributed by atoms with Crippen LogP contribution in [0.3, 0.4) is 0 Å². The van der Waals surface area contributed by atoms with E-state index in [9.17, 15) is 19.4 Å². The molecular formula is C40H77N2O6P. The summed E-state index contributed by atoms with van der Waals surface area (Å²) in [6, 6.07) is -0.859. The third-order valence-electron chi connectivity index (χ3n) is 8.71. The summed E-state index contributed by atoms with van der Waals surface area (Å²) in [6.45, 7) is 4.08. The van der Waals surface area contributed by atoms with Crippen LogP contribution in [0.25, 0.3) is 0 Å². The van der Waals surface area contributed by atoms with E-state index in [1.165, 1.54) is 116 Å². The summed E-state index contributed by atoms with van der Waals surface area (Å²) < 4.78 is 22.0. The lowest BCUT2D eigenvalue weighted by atomic mass is 10.0. The summed E-state index contributed by atoms with van der Waals surface area (Å²) in [6.07, 6.45) is 42.0. The summed E-state index contributed by atoms with van der Waals surface area (Å²) in [5.41, 5.74) is 5.35. The first-order valence-electron chi connectivity index (χ1n) is 20.1. The van der Waals surface area contributed by atoms with E-state index in [0.29, 0.717) is 6.42 Å². The van der Waals surface area contributed by atoms with Crippen molar-refractivity contribution in [3.05, 3.63) is 36.5 Å². The van der Waals surface area contributed by atoms with Crippen molar-refractivity contribution < 1.29 is 28.4 Å². The van der Waals surface area contributed by atoms with Gasteiger partial charge < -0.3 is 21.1 Å². The van der Waals surface area contributed by atoms with E-state index in [0.717, 1.165) is 44.9 Å². The number of aliphatic hydroxyl groups is 1. The Kier molecular flexibility index (Phi) is 35.6. The predicted octanol–water partition coefficient (Wildman–Crippen LogP) is 10.8. The number of aliphatic hydroxyl groups excluding tert-OH is 1. The number of nitrogens with one attached hydrogen (secondary N) is 1. The molecule has 3 unspecified atom stereocenters. The Balaban J connectivity index is 4.14. The normalized spacial score (nSPS) is 14.6. The zero-order valence-electron chi connectivity index (χ0n) is 31.7. The zero-order valence-corrected chi connectivity index (χ0v) is 32.6. The maximum Gasteiger partial charge on any atom is 0.472 e. The fourth-order valence-electron chi connectivity index (χ4n) is 5.63. The fraction of sp³-hybridized carbons (Fsp3) is 0.825. The highest BCUT2D eigenvalue weighted by molar-refractivity contribution is 7.47. The van der Waals surface area contributed by atoms with Gasteiger partial charge in [-0.2, -0.15) is 0 Å². The monoisotopic (exact) mass is 713 g/mol.